The van der Waals surface area contributed by atoms with Crippen LogP contribution >= 0.6 is 11.6 Å². The highest BCUT2D eigenvalue weighted by Gasteiger charge is 2.04. The number of hydrogen-bond donors (Lipinski definition) is 0. The summed E-state index contributed by atoms with van der Waals surface area (Å²) in [4.78, 5) is 4.29. The Morgan fingerprint density at radius 3 is 2.54 bits per heavy atom. The van der Waals surface area contributed by atoms with Crippen LogP contribution in [0.3, 0.4) is 0 Å². The van der Waals surface area contributed by atoms with Crippen molar-refractivity contribution in [2.24, 2.45) is 0 Å². The highest BCUT2D eigenvalue weighted by Crippen LogP contribution is 2.21. The summed E-state index contributed by atoms with van der Waals surface area (Å²) >= 11 is 5.66. The van der Waals surface area contributed by atoms with Gasteiger partial charge < -0.3 is 17.1 Å². The topological polar surface area (TPSA) is 22.1 Å². The van der Waals surface area contributed by atoms with Gasteiger partial charge in [-0.25, -0.2) is 0 Å². The lowest BCUT2D eigenvalue weighted by molar-refractivity contribution is -0.00000301. The molecule has 0 spiro atoms. The Morgan fingerprint density at radius 1 is 1.46 bits per heavy atom. The van der Waals surface area contributed by atoms with Crippen LogP contribution in [0.5, 0.6) is 5.75 Å². The summed E-state index contributed by atoms with van der Waals surface area (Å²) in [5.41, 5.74) is 2.91. The van der Waals surface area contributed by atoms with Crippen LogP contribution in [-0.2, 0) is 5.88 Å². The number of ether oxygens (including phenoxy) is 1. The van der Waals surface area contributed by atoms with Crippen LogP contribution in [0.2, 0.25) is 0 Å². The van der Waals surface area contributed by atoms with E-state index in [9.17, 15) is 0 Å². The Kier molecular flexibility index (Phi) is 5.11. The summed E-state index contributed by atoms with van der Waals surface area (Å²) in [6.45, 7) is 3.94. The quantitative estimate of drug-likeness (QED) is 0.625. The van der Waals surface area contributed by atoms with Gasteiger partial charge in [0.05, 0.1) is 18.7 Å². The number of hydrogen-bond acceptors (Lipinski definition) is 2. The Hall–Kier alpha value is -0.470. The molecule has 2 nitrogen and oxygen atoms in total. The second kappa shape index (κ2) is 5.30. The zero-order valence-corrected chi connectivity index (χ0v) is 9.41. The molecule has 0 bridgehead atoms. The smallest absolute Gasteiger partial charge is 0.125 e. The molecule has 0 aliphatic carbocycles. The number of pyridine rings is 1. The van der Waals surface area contributed by atoms with Gasteiger partial charge in [-0.15, -0.1) is 11.6 Å². The first-order valence-electron chi connectivity index (χ1n) is 3.76. The highest BCUT2D eigenvalue weighted by atomic mass is 35.5. The minimum atomic E-state index is 0. The maximum Gasteiger partial charge on any atom is 0.125 e. The van der Waals surface area contributed by atoms with Crippen molar-refractivity contribution in [1.82, 2.24) is 4.98 Å². The number of nitrogens with zero attached hydrogens (tertiary/aromatic N) is 1. The van der Waals surface area contributed by atoms with Crippen molar-refractivity contribution in [2.75, 3.05) is 7.11 Å². The van der Waals surface area contributed by atoms with E-state index < -0.39 is 0 Å². The van der Waals surface area contributed by atoms with E-state index in [1.54, 1.807) is 7.11 Å². The van der Waals surface area contributed by atoms with Crippen molar-refractivity contribution in [3.05, 3.63) is 23.0 Å². The van der Waals surface area contributed by atoms with E-state index in [-0.39, 0.29) is 12.4 Å². The highest BCUT2D eigenvalue weighted by molar-refractivity contribution is 6.16. The van der Waals surface area contributed by atoms with Gasteiger partial charge in [0.25, 0.3) is 0 Å². The minimum absolute atomic E-state index is 0. The Morgan fingerprint density at radius 2 is 2.08 bits per heavy atom. The molecule has 0 N–H and O–H groups in total. The van der Waals surface area contributed by atoms with Gasteiger partial charge in [-0.1, -0.05) is 0 Å². The van der Waals surface area contributed by atoms with E-state index in [0.29, 0.717) is 5.88 Å². The van der Waals surface area contributed by atoms with Crippen molar-refractivity contribution in [3.8, 4) is 5.75 Å². The molecular weight excluding hydrogens is 209 g/mol. The van der Waals surface area contributed by atoms with E-state index in [1.807, 2.05) is 19.9 Å². The summed E-state index contributed by atoms with van der Waals surface area (Å²) in [5, 5.41) is 0. The van der Waals surface area contributed by atoms with E-state index in [0.717, 1.165) is 22.7 Å². The van der Waals surface area contributed by atoms with Gasteiger partial charge in [-0.3, -0.25) is 4.98 Å². The van der Waals surface area contributed by atoms with Crippen LogP contribution in [0.25, 0.3) is 0 Å². The third kappa shape index (κ3) is 2.75. The summed E-state index contributed by atoms with van der Waals surface area (Å²) < 4.78 is 5.17. The van der Waals surface area contributed by atoms with Gasteiger partial charge >= 0.3 is 0 Å². The van der Waals surface area contributed by atoms with Crippen LogP contribution in [0, 0.1) is 13.8 Å². The number of alkyl halides is 1. The predicted octanol–water partition coefficient (Wildman–Crippen LogP) is -0.550. The molecular formula is C9H12Cl2NO-. The van der Waals surface area contributed by atoms with E-state index >= 15 is 0 Å². The van der Waals surface area contributed by atoms with Crippen LogP contribution in [0.4, 0.5) is 0 Å². The first-order chi connectivity index (χ1) is 5.69. The number of aryl methyl sites for hydroxylation is 1. The number of aromatic nitrogens is 1. The van der Waals surface area contributed by atoms with Crippen molar-refractivity contribution >= 4 is 11.6 Å². The molecule has 0 atom stereocenters. The van der Waals surface area contributed by atoms with Crippen LogP contribution < -0.4 is 17.1 Å². The maximum absolute atomic E-state index is 5.66. The Balaban J connectivity index is 0.00000144. The molecule has 1 aromatic rings. The molecule has 0 amide bonds. The third-order valence-corrected chi connectivity index (χ3v) is 2.15. The van der Waals surface area contributed by atoms with E-state index in [1.165, 1.54) is 0 Å². The molecule has 0 aromatic carbocycles. The lowest BCUT2D eigenvalue weighted by Crippen LogP contribution is -3.00. The van der Waals surface area contributed by atoms with Gasteiger partial charge in [0.2, 0.25) is 0 Å². The van der Waals surface area contributed by atoms with Crippen LogP contribution in [-0.4, -0.2) is 12.1 Å². The minimum Gasteiger partial charge on any atom is -1.00 e. The van der Waals surface area contributed by atoms with Gasteiger partial charge in [0.1, 0.15) is 5.75 Å². The zero-order valence-electron chi connectivity index (χ0n) is 7.90. The largest absolute Gasteiger partial charge is 1.00 e. The average molecular weight is 221 g/mol. The van der Waals surface area contributed by atoms with Crippen molar-refractivity contribution in [1.29, 1.82) is 0 Å². The van der Waals surface area contributed by atoms with E-state index in [2.05, 4.69) is 4.98 Å². The second-order valence-electron chi connectivity index (χ2n) is 2.66. The molecule has 1 aromatic heterocycles. The lowest BCUT2D eigenvalue weighted by Gasteiger charge is -2.08. The fraction of sp³-hybridized carbons (Fsp3) is 0.444. The molecule has 13 heavy (non-hydrogen) atoms. The lowest BCUT2D eigenvalue weighted by atomic mass is 10.2. The average Bonchev–Trinajstić information content (AvgIpc) is 2.09. The Labute approximate surface area is 89.7 Å². The van der Waals surface area contributed by atoms with Gasteiger partial charge in [-0.2, -0.15) is 0 Å². The molecule has 0 aliphatic heterocycles. The van der Waals surface area contributed by atoms with Gasteiger partial charge in [0, 0.05) is 17.3 Å². The first kappa shape index (κ1) is 12.5. The second-order valence-corrected chi connectivity index (χ2v) is 2.93. The SMILES string of the molecule is COc1cc(CCl)nc(C)c1C.[Cl-]. The summed E-state index contributed by atoms with van der Waals surface area (Å²) in [5.74, 6) is 1.29. The van der Waals surface area contributed by atoms with Crippen molar-refractivity contribution < 1.29 is 17.1 Å². The first-order valence-corrected chi connectivity index (χ1v) is 4.29. The molecule has 1 rings (SSSR count). The molecule has 0 saturated heterocycles. The van der Waals surface area contributed by atoms with Crippen LogP contribution in [0.15, 0.2) is 6.07 Å². The molecule has 0 fully saturated rings. The number of rotatable bonds is 2. The molecule has 0 aliphatic rings. The summed E-state index contributed by atoms with van der Waals surface area (Å²) in [6, 6.07) is 1.87. The number of methoxy groups -OCH3 is 1. The fourth-order valence-corrected chi connectivity index (χ4v) is 1.19. The standard InChI is InChI=1S/C9H12ClNO.ClH/c1-6-7(2)11-8(5-10)4-9(6)12-3;/h4H,5H2,1-3H3;1H/p-1. The number of halogens is 2. The van der Waals surface area contributed by atoms with Crippen LogP contribution in [0.1, 0.15) is 17.0 Å². The summed E-state index contributed by atoms with van der Waals surface area (Å²) in [6.07, 6.45) is 0. The van der Waals surface area contributed by atoms with E-state index in [4.69, 9.17) is 16.3 Å². The fourth-order valence-electron chi connectivity index (χ4n) is 1.05. The Bertz CT molecular complexity index is 289. The molecule has 74 valence electrons. The van der Waals surface area contributed by atoms with Gasteiger partial charge in [-0.05, 0) is 13.8 Å². The van der Waals surface area contributed by atoms with Crippen molar-refractivity contribution in [3.63, 3.8) is 0 Å². The monoisotopic (exact) mass is 220 g/mol. The summed E-state index contributed by atoms with van der Waals surface area (Å²) in [7, 11) is 1.65. The maximum atomic E-state index is 5.66. The van der Waals surface area contributed by atoms with Crippen molar-refractivity contribution in [2.45, 2.75) is 19.7 Å². The van der Waals surface area contributed by atoms with Gasteiger partial charge in [0.15, 0.2) is 0 Å². The molecule has 0 saturated carbocycles. The third-order valence-electron chi connectivity index (χ3n) is 1.88. The molecule has 0 radical (unpaired) electrons. The molecule has 4 heteroatoms. The zero-order chi connectivity index (χ0) is 9.14. The normalized spacial score (nSPS) is 9.23. The molecule has 0 unspecified atom stereocenters. The molecule has 1 heterocycles. The predicted molar refractivity (Wildman–Crippen MR) is 49.8 cm³/mol.